The first-order valence-corrected chi connectivity index (χ1v) is 6.36. The number of ether oxygens (including phenoxy) is 1. The Morgan fingerprint density at radius 1 is 0.947 bits per heavy atom. The van der Waals surface area contributed by atoms with Crippen LogP contribution in [0.3, 0.4) is 0 Å². The van der Waals surface area contributed by atoms with Crippen molar-refractivity contribution in [2.24, 2.45) is 0 Å². The monoisotopic (exact) mass is 252 g/mol. The van der Waals surface area contributed by atoms with Gasteiger partial charge in [-0.1, -0.05) is 24.3 Å². The van der Waals surface area contributed by atoms with Crippen LogP contribution in [0.1, 0.15) is 0 Å². The van der Waals surface area contributed by atoms with Gasteiger partial charge < -0.3 is 15.0 Å². The summed E-state index contributed by atoms with van der Waals surface area (Å²) in [5.74, 6) is 0.901. The molecule has 0 atom stereocenters. The number of nitrogen functional groups attached to an aromatic ring is 1. The Hall–Kier alpha value is -2.42. The number of para-hydroxylation sites is 1. The number of nitrogens with two attached hydrogens (primary N) is 1. The van der Waals surface area contributed by atoms with E-state index in [-0.39, 0.29) is 0 Å². The molecule has 2 aromatic carbocycles. The third kappa shape index (κ3) is 2.40. The third-order valence-corrected chi connectivity index (χ3v) is 3.19. The predicted octanol–water partition coefficient (Wildman–Crippen LogP) is 3.30. The van der Waals surface area contributed by atoms with Gasteiger partial charge in [-0.2, -0.15) is 0 Å². The topological polar surface area (TPSA) is 40.2 Å². The quantitative estimate of drug-likeness (QED) is 0.724. The van der Waals surface area contributed by atoms with Crippen molar-refractivity contribution >= 4 is 16.6 Å². The van der Waals surface area contributed by atoms with E-state index < -0.39 is 0 Å². The van der Waals surface area contributed by atoms with Gasteiger partial charge in [0.25, 0.3) is 0 Å². The Kier molecular flexibility index (Phi) is 3.11. The molecule has 2 N–H and O–H groups in total. The summed E-state index contributed by atoms with van der Waals surface area (Å²) in [6.07, 6.45) is 2.05. The van der Waals surface area contributed by atoms with Crippen LogP contribution in [0.5, 0.6) is 5.75 Å². The summed E-state index contributed by atoms with van der Waals surface area (Å²) in [7, 11) is 0. The third-order valence-electron chi connectivity index (χ3n) is 3.19. The number of fused-ring (bicyclic) bond motifs is 1. The molecule has 0 radical (unpaired) electrons. The fourth-order valence-corrected chi connectivity index (χ4v) is 2.22. The lowest BCUT2D eigenvalue weighted by Crippen LogP contribution is -2.07. The molecule has 3 rings (SSSR count). The van der Waals surface area contributed by atoms with E-state index in [0.29, 0.717) is 6.61 Å². The molecule has 3 heteroatoms. The highest BCUT2D eigenvalue weighted by Gasteiger charge is 2.03. The molecule has 0 saturated heterocycles. The number of aromatic nitrogens is 1. The second-order valence-corrected chi connectivity index (χ2v) is 4.45. The van der Waals surface area contributed by atoms with Gasteiger partial charge in [-0.3, -0.25) is 0 Å². The predicted molar refractivity (Wildman–Crippen MR) is 78.3 cm³/mol. The normalized spacial score (nSPS) is 10.7. The van der Waals surface area contributed by atoms with Gasteiger partial charge in [0.2, 0.25) is 0 Å². The molecular formula is C16H16N2O. The molecule has 0 unspecified atom stereocenters. The second kappa shape index (κ2) is 5.06. The maximum atomic E-state index is 5.94. The molecule has 3 nitrogen and oxygen atoms in total. The highest BCUT2D eigenvalue weighted by molar-refractivity contribution is 5.91. The molecule has 96 valence electrons. The van der Waals surface area contributed by atoms with Crippen LogP contribution in [0, 0.1) is 0 Å². The standard InChI is InChI=1S/C16H16N2O/c17-15-7-4-8-16-14(15)9-10-18(16)11-12-19-13-5-2-1-3-6-13/h1-10H,11-12,17H2. The van der Waals surface area contributed by atoms with Crippen molar-refractivity contribution in [1.82, 2.24) is 4.57 Å². The zero-order chi connectivity index (χ0) is 13.1. The van der Waals surface area contributed by atoms with E-state index in [4.69, 9.17) is 10.5 Å². The molecule has 0 aliphatic rings. The maximum Gasteiger partial charge on any atom is 0.119 e. The highest BCUT2D eigenvalue weighted by atomic mass is 16.5. The van der Waals surface area contributed by atoms with Gasteiger partial charge in [0, 0.05) is 17.3 Å². The molecule has 0 fully saturated rings. The van der Waals surface area contributed by atoms with Crippen molar-refractivity contribution in [1.29, 1.82) is 0 Å². The first-order valence-electron chi connectivity index (χ1n) is 6.36. The van der Waals surface area contributed by atoms with Crippen molar-refractivity contribution < 1.29 is 4.74 Å². The Morgan fingerprint density at radius 3 is 2.63 bits per heavy atom. The fourth-order valence-electron chi connectivity index (χ4n) is 2.22. The lowest BCUT2D eigenvalue weighted by atomic mass is 10.2. The Labute approximate surface area is 112 Å². The average Bonchev–Trinajstić information content (AvgIpc) is 2.85. The van der Waals surface area contributed by atoms with E-state index in [1.165, 1.54) is 0 Å². The number of nitrogens with zero attached hydrogens (tertiary/aromatic N) is 1. The smallest absolute Gasteiger partial charge is 0.119 e. The van der Waals surface area contributed by atoms with Gasteiger partial charge in [-0.05, 0) is 30.3 Å². The number of benzene rings is 2. The molecule has 0 aliphatic heterocycles. The van der Waals surface area contributed by atoms with Crippen LogP contribution in [0.2, 0.25) is 0 Å². The van der Waals surface area contributed by atoms with Crippen LogP contribution in [-0.4, -0.2) is 11.2 Å². The average molecular weight is 252 g/mol. The Bertz CT molecular complexity index is 674. The van der Waals surface area contributed by atoms with E-state index in [9.17, 15) is 0 Å². The van der Waals surface area contributed by atoms with Crippen molar-refractivity contribution in [2.45, 2.75) is 6.54 Å². The van der Waals surface area contributed by atoms with E-state index in [1.807, 2.05) is 48.5 Å². The lowest BCUT2D eigenvalue weighted by Gasteiger charge is -2.08. The number of hydrogen-bond acceptors (Lipinski definition) is 2. The van der Waals surface area contributed by atoms with E-state index in [1.54, 1.807) is 0 Å². The summed E-state index contributed by atoms with van der Waals surface area (Å²) in [5, 5.41) is 1.10. The van der Waals surface area contributed by atoms with Crippen LogP contribution in [0.4, 0.5) is 5.69 Å². The zero-order valence-electron chi connectivity index (χ0n) is 10.6. The van der Waals surface area contributed by atoms with Crippen LogP contribution in [0.25, 0.3) is 10.9 Å². The minimum absolute atomic E-state index is 0.641. The van der Waals surface area contributed by atoms with Gasteiger partial charge >= 0.3 is 0 Å². The molecule has 1 heterocycles. The van der Waals surface area contributed by atoms with Crippen molar-refractivity contribution in [3.05, 3.63) is 60.8 Å². The minimum atomic E-state index is 0.641. The van der Waals surface area contributed by atoms with Crippen molar-refractivity contribution in [3.8, 4) is 5.75 Å². The molecule has 0 bridgehead atoms. The molecular weight excluding hydrogens is 236 g/mol. The van der Waals surface area contributed by atoms with Crippen molar-refractivity contribution in [2.75, 3.05) is 12.3 Å². The first kappa shape index (κ1) is 11.7. The summed E-state index contributed by atoms with van der Waals surface area (Å²) in [5.41, 5.74) is 7.91. The van der Waals surface area contributed by atoms with Crippen LogP contribution in [0.15, 0.2) is 60.8 Å². The van der Waals surface area contributed by atoms with Gasteiger partial charge in [0.1, 0.15) is 12.4 Å². The minimum Gasteiger partial charge on any atom is -0.492 e. The maximum absolute atomic E-state index is 5.94. The number of anilines is 1. The van der Waals surface area contributed by atoms with Crippen LogP contribution < -0.4 is 10.5 Å². The SMILES string of the molecule is Nc1cccc2c1ccn2CCOc1ccccc1. The lowest BCUT2D eigenvalue weighted by molar-refractivity contribution is 0.300. The summed E-state index contributed by atoms with van der Waals surface area (Å²) >= 11 is 0. The van der Waals surface area contributed by atoms with Gasteiger partial charge in [0.15, 0.2) is 0 Å². The van der Waals surface area contributed by atoms with Gasteiger partial charge in [-0.25, -0.2) is 0 Å². The van der Waals surface area contributed by atoms with Crippen LogP contribution >= 0.6 is 0 Å². The molecule has 0 spiro atoms. The largest absolute Gasteiger partial charge is 0.492 e. The van der Waals surface area contributed by atoms with Gasteiger partial charge in [0.05, 0.1) is 12.1 Å². The van der Waals surface area contributed by atoms with E-state index in [0.717, 1.165) is 28.9 Å². The van der Waals surface area contributed by atoms with Crippen LogP contribution in [-0.2, 0) is 6.54 Å². The number of rotatable bonds is 4. The number of hydrogen-bond donors (Lipinski definition) is 1. The molecule has 0 amide bonds. The van der Waals surface area contributed by atoms with Gasteiger partial charge in [-0.15, -0.1) is 0 Å². The molecule has 0 aliphatic carbocycles. The Balaban J connectivity index is 1.71. The molecule has 3 aromatic rings. The molecule has 0 saturated carbocycles. The zero-order valence-corrected chi connectivity index (χ0v) is 10.6. The highest BCUT2D eigenvalue weighted by Crippen LogP contribution is 2.21. The summed E-state index contributed by atoms with van der Waals surface area (Å²) in [6.45, 7) is 1.45. The molecule has 19 heavy (non-hydrogen) atoms. The van der Waals surface area contributed by atoms with Crippen molar-refractivity contribution in [3.63, 3.8) is 0 Å². The van der Waals surface area contributed by atoms with E-state index in [2.05, 4.69) is 16.8 Å². The first-order chi connectivity index (χ1) is 9.34. The van der Waals surface area contributed by atoms with E-state index >= 15 is 0 Å². The second-order valence-electron chi connectivity index (χ2n) is 4.45. The summed E-state index contributed by atoms with van der Waals surface area (Å²) < 4.78 is 7.87. The molecule has 1 aromatic heterocycles. The summed E-state index contributed by atoms with van der Waals surface area (Å²) in [6, 6.07) is 17.9. The Morgan fingerprint density at radius 2 is 1.79 bits per heavy atom. The summed E-state index contributed by atoms with van der Waals surface area (Å²) in [4.78, 5) is 0. The fraction of sp³-hybridized carbons (Fsp3) is 0.125.